The highest BCUT2D eigenvalue weighted by atomic mass is 16.5. The fraction of sp³-hybridized carbons (Fsp3) is 0.667. The number of nitrogens with zero attached hydrogens (tertiary/aromatic N) is 3. The molecule has 0 saturated heterocycles. The first-order valence-electron chi connectivity index (χ1n) is 8.90. The molecule has 2 heterocycles. The molecule has 0 bridgehead atoms. The summed E-state index contributed by atoms with van der Waals surface area (Å²) in [6, 6.07) is 1.95. The van der Waals surface area contributed by atoms with Crippen LogP contribution in [-0.4, -0.2) is 33.2 Å². The summed E-state index contributed by atoms with van der Waals surface area (Å²) >= 11 is 0. The zero-order valence-corrected chi connectivity index (χ0v) is 15.4. The Labute approximate surface area is 144 Å². The lowest BCUT2D eigenvalue weighted by atomic mass is 10.1. The zero-order chi connectivity index (χ0) is 17.6. The average Bonchev–Trinajstić information content (AvgIpc) is 2.90. The Balaban J connectivity index is 1.97. The zero-order valence-electron chi connectivity index (χ0n) is 15.4. The van der Waals surface area contributed by atoms with Gasteiger partial charge in [-0.15, -0.1) is 0 Å². The van der Waals surface area contributed by atoms with Crippen molar-refractivity contribution < 1.29 is 4.74 Å². The van der Waals surface area contributed by atoms with Gasteiger partial charge in [0.15, 0.2) is 5.82 Å². The highest BCUT2D eigenvalue weighted by Crippen LogP contribution is 2.23. The molecule has 0 aliphatic carbocycles. The fourth-order valence-electron chi connectivity index (χ4n) is 2.51. The van der Waals surface area contributed by atoms with Gasteiger partial charge in [0.25, 0.3) is 0 Å². The Morgan fingerprint density at radius 3 is 2.75 bits per heavy atom. The van der Waals surface area contributed by atoms with Crippen LogP contribution in [-0.2, 0) is 6.54 Å². The molecule has 2 aromatic rings. The van der Waals surface area contributed by atoms with E-state index in [2.05, 4.69) is 47.5 Å². The average molecular weight is 333 g/mol. The van der Waals surface area contributed by atoms with Crippen molar-refractivity contribution in [3.05, 3.63) is 12.4 Å². The predicted molar refractivity (Wildman–Crippen MR) is 99.3 cm³/mol. The van der Waals surface area contributed by atoms with Gasteiger partial charge in [0.2, 0.25) is 5.88 Å². The second kappa shape index (κ2) is 8.33. The van der Waals surface area contributed by atoms with Crippen LogP contribution in [0.5, 0.6) is 5.88 Å². The van der Waals surface area contributed by atoms with Crippen LogP contribution < -0.4 is 15.8 Å². The molecule has 0 aliphatic heterocycles. The number of rotatable bonds is 9. The van der Waals surface area contributed by atoms with E-state index in [1.54, 1.807) is 0 Å². The highest BCUT2D eigenvalue weighted by molar-refractivity contribution is 5.85. The van der Waals surface area contributed by atoms with Gasteiger partial charge in [-0.2, -0.15) is 4.98 Å². The first-order chi connectivity index (χ1) is 11.4. The van der Waals surface area contributed by atoms with E-state index < -0.39 is 0 Å². The van der Waals surface area contributed by atoms with Crippen molar-refractivity contribution in [2.45, 2.75) is 65.5 Å². The first kappa shape index (κ1) is 18.5. The van der Waals surface area contributed by atoms with Crippen LogP contribution in [0.15, 0.2) is 12.4 Å². The van der Waals surface area contributed by atoms with Crippen molar-refractivity contribution >= 4 is 16.9 Å². The molecular weight excluding hydrogens is 302 g/mol. The largest absolute Gasteiger partial charge is 0.478 e. The second-order valence-corrected chi connectivity index (χ2v) is 7.24. The number of pyridine rings is 1. The minimum Gasteiger partial charge on any atom is -0.478 e. The SMILES string of the molecule is CCCCOc1cc2c(ncn2CCCCNC(C)(C)C)c(N)n1. The number of ether oxygens (including phenoxy) is 1. The predicted octanol–water partition coefficient (Wildman–Crippen LogP) is 3.36. The summed E-state index contributed by atoms with van der Waals surface area (Å²) in [6.07, 6.45) is 6.16. The van der Waals surface area contributed by atoms with E-state index in [1.807, 2.05) is 12.4 Å². The molecule has 0 saturated carbocycles. The van der Waals surface area contributed by atoms with Crippen molar-refractivity contribution in [3.63, 3.8) is 0 Å². The quantitative estimate of drug-likeness (QED) is 0.688. The lowest BCUT2D eigenvalue weighted by Crippen LogP contribution is -2.36. The van der Waals surface area contributed by atoms with E-state index in [0.717, 1.165) is 49.8 Å². The Kier molecular flexibility index (Phi) is 6.43. The third kappa shape index (κ3) is 5.37. The minimum atomic E-state index is 0.173. The molecule has 24 heavy (non-hydrogen) atoms. The number of fused-ring (bicyclic) bond motifs is 1. The van der Waals surface area contributed by atoms with Crippen LogP contribution in [0.4, 0.5) is 5.82 Å². The maximum absolute atomic E-state index is 6.02. The Morgan fingerprint density at radius 2 is 2.04 bits per heavy atom. The van der Waals surface area contributed by atoms with Crippen LogP contribution >= 0.6 is 0 Å². The normalized spacial score (nSPS) is 12.0. The summed E-state index contributed by atoms with van der Waals surface area (Å²) in [6.45, 7) is 11.3. The fourth-order valence-corrected chi connectivity index (χ4v) is 2.51. The van der Waals surface area contributed by atoms with Crippen LogP contribution in [0, 0.1) is 0 Å². The molecule has 0 unspecified atom stereocenters. The molecule has 0 radical (unpaired) electrons. The molecule has 6 heteroatoms. The van der Waals surface area contributed by atoms with Crippen LogP contribution in [0.25, 0.3) is 11.0 Å². The van der Waals surface area contributed by atoms with E-state index in [4.69, 9.17) is 10.5 Å². The molecular formula is C18H31N5O. The summed E-state index contributed by atoms with van der Waals surface area (Å²) in [7, 11) is 0. The second-order valence-electron chi connectivity index (χ2n) is 7.24. The summed E-state index contributed by atoms with van der Waals surface area (Å²) in [4.78, 5) is 8.69. The minimum absolute atomic E-state index is 0.173. The van der Waals surface area contributed by atoms with Crippen LogP contribution in [0.3, 0.4) is 0 Å². The van der Waals surface area contributed by atoms with Gasteiger partial charge < -0.3 is 20.4 Å². The van der Waals surface area contributed by atoms with Crippen LogP contribution in [0.2, 0.25) is 0 Å². The number of nitrogen functional groups attached to an aromatic ring is 1. The van der Waals surface area contributed by atoms with Crippen LogP contribution in [0.1, 0.15) is 53.4 Å². The van der Waals surface area contributed by atoms with E-state index in [0.29, 0.717) is 18.3 Å². The maximum atomic E-state index is 6.02. The van der Waals surface area contributed by atoms with E-state index in [1.165, 1.54) is 0 Å². The number of nitrogens with two attached hydrogens (primary N) is 1. The molecule has 0 aliphatic rings. The molecule has 134 valence electrons. The number of imidazole rings is 1. The number of nitrogens with one attached hydrogen (secondary N) is 1. The molecule has 2 rings (SSSR count). The smallest absolute Gasteiger partial charge is 0.217 e. The van der Waals surface area contributed by atoms with E-state index >= 15 is 0 Å². The number of aryl methyl sites for hydroxylation is 1. The monoisotopic (exact) mass is 333 g/mol. The molecule has 0 aromatic carbocycles. The standard InChI is InChI=1S/C18H31N5O/c1-5-6-11-24-15-12-14-16(17(19)22-15)20-13-23(14)10-8-7-9-21-18(2,3)4/h12-13,21H,5-11H2,1-4H3,(H2,19,22). The third-order valence-electron chi connectivity index (χ3n) is 3.84. The van der Waals surface area contributed by atoms with Gasteiger partial charge in [-0.3, -0.25) is 0 Å². The summed E-state index contributed by atoms with van der Waals surface area (Å²) in [5.74, 6) is 1.02. The Hall–Kier alpha value is -1.82. The van der Waals surface area contributed by atoms with Crippen molar-refractivity contribution in [3.8, 4) is 5.88 Å². The number of hydrogen-bond donors (Lipinski definition) is 2. The van der Waals surface area contributed by atoms with Gasteiger partial charge in [-0.1, -0.05) is 13.3 Å². The van der Waals surface area contributed by atoms with E-state index in [-0.39, 0.29) is 5.54 Å². The van der Waals surface area contributed by atoms with Gasteiger partial charge in [0.05, 0.1) is 18.5 Å². The Bertz CT molecular complexity index is 645. The van der Waals surface area contributed by atoms with Gasteiger partial charge in [-0.05, 0) is 46.6 Å². The molecule has 0 atom stereocenters. The highest BCUT2D eigenvalue weighted by Gasteiger charge is 2.11. The third-order valence-corrected chi connectivity index (χ3v) is 3.84. The summed E-state index contributed by atoms with van der Waals surface area (Å²) in [5, 5.41) is 3.51. The Morgan fingerprint density at radius 1 is 1.25 bits per heavy atom. The lowest BCUT2D eigenvalue weighted by molar-refractivity contribution is 0.298. The molecule has 3 N–H and O–H groups in total. The molecule has 2 aromatic heterocycles. The van der Waals surface area contributed by atoms with Crippen molar-refractivity contribution in [2.75, 3.05) is 18.9 Å². The van der Waals surface area contributed by atoms with E-state index in [9.17, 15) is 0 Å². The van der Waals surface area contributed by atoms with Crippen molar-refractivity contribution in [1.29, 1.82) is 0 Å². The summed E-state index contributed by atoms with van der Waals surface area (Å²) in [5.41, 5.74) is 7.95. The van der Waals surface area contributed by atoms with Gasteiger partial charge in [-0.25, -0.2) is 4.98 Å². The number of hydrogen-bond acceptors (Lipinski definition) is 5. The van der Waals surface area contributed by atoms with Crippen molar-refractivity contribution in [2.24, 2.45) is 0 Å². The maximum Gasteiger partial charge on any atom is 0.217 e. The summed E-state index contributed by atoms with van der Waals surface area (Å²) < 4.78 is 7.83. The molecule has 0 fully saturated rings. The van der Waals surface area contributed by atoms with Crippen molar-refractivity contribution in [1.82, 2.24) is 19.9 Å². The first-order valence-corrected chi connectivity index (χ1v) is 8.90. The lowest BCUT2D eigenvalue weighted by Gasteiger charge is -2.20. The number of anilines is 1. The number of unbranched alkanes of at least 4 members (excludes halogenated alkanes) is 2. The molecule has 6 nitrogen and oxygen atoms in total. The van der Waals surface area contributed by atoms with Gasteiger partial charge in [0.1, 0.15) is 5.52 Å². The molecule has 0 spiro atoms. The number of aromatic nitrogens is 3. The van der Waals surface area contributed by atoms with Gasteiger partial charge in [0, 0.05) is 18.2 Å². The van der Waals surface area contributed by atoms with Gasteiger partial charge >= 0.3 is 0 Å². The molecule has 0 amide bonds. The topological polar surface area (TPSA) is 78.0 Å².